The highest BCUT2D eigenvalue weighted by Gasteiger charge is 2.30. The van der Waals surface area contributed by atoms with Crippen molar-refractivity contribution in [3.8, 4) is 5.75 Å². The number of fused-ring (bicyclic) bond motifs is 1. The highest BCUT2D eigenvalue weighted by molar-refractivity contribution is 7.92. The van der Waals surface area contributed by atoms with Crippen molar-refractivity contribution in [2.45, 2.75) is 62.3 Å². The van der Waals surface area contributed by atoms with Crippen LogP contribution in [0.15, 0.2) is 29.6 Å². The Morgan fingerprint density at radius 2 is 1.95 bits per heavy atom. The molecule has 0 amide bonds. The number of ether oxygens (including phenoxy) is 1. The predicted octanol–water partition coefficient (Wildman–Crippen LogP) is 4.32. The smallest absolute Gasteiger partial charge is 0.229 e. The van der Waals surface area contributed by atoms with E-state index >= 15 is 0 Å². The van der Waals surface area contributed by atoms with Gasteiger partial charge in [-0.05, 0) is 64.3 Å². The number of benzene rings is 1. The van der Waals surface area contributed by atoms with Crippen LogP contribution in [0.4, 0.5) is 23.1 Å². The molecule has 12 heteroatoms. The maximum absolute atomic E-state index is 12.8. The third-order valence-corrected chi connectivity index (χ3v) is 9.17. The maximum Gasteiger partial charge on any atom is 0.229 e. The minimum atomic E-state index is -3.62. The van der Waals surface area contributed by atoms with Crippen molar-refractivity contribution in [1.29, 1.82) is 0 Å². The molecule has 0 aliphatic carbocycles. The van der Waals surface area contributed by atoms with Gasteiger partial charge < -0.3 is 20.7 Å². The van der Waals surface area contributed by atoms with E-state index in [1.165, 1.54) is 22.0 Å². The Morgan fingerprint density at radius 3 is 2.68 bits per heavy atom. The number of rotatable bonds is 7. The van der Waals surface area contributed by atoms with Gasteiger partial charge in [0.15, 0.2) is 5.82 Å². The summed E-state index contributed by atoms with van der Waals surface area (Å²) in [5.74, 6) is 1.94. The number of aryl methyl sites for hydroxylation is 1. The fraction of sp³-hybridized carbons (Fsp3) is 0.480. The van der Waals surface area contributed by atoms with Crippen LogP contribution >= 0.6 is 11.6 Å². The number of anilines is 4. The summed E-state index contributed by atoms with van der Waals surface area (Å²) in [5.41, 5.74) is 3.69. The van der Waals surface area contributed by atoms with Gasteiger partial charge in [0, 0.05) is 25.2 Å². The summed E-state index contributed by atoms with van der Waals surface area (Å²) in [6.45, 7) is 7.37. The number of aromatic nitrogens is 4. The fourth-order valence-corrected chi connectivity index (χ4v) is 6.12. The first-order valence-corrected chi connectivity index (χ1v) is 14.4. The van der Waals surface area contributed by atoms with Crippen LogP contribution < -0.4 is 20.7 Å². The van der Waals surface area contributed by atoms with Gasteiger partial charge in [-0.25, -0.2) is 13.4 Å². The van der Waals surface area contributed by atoms with Gasteiger partial charge in [-0.15, -0.1) is 0 Å². The van der Waals surface area contributed by atoms with Crippen LogP contribution in [-0.4, -0.2) is 52.6 Å². The van der Waals surface area contributed by atoms with Gasteiger partial charge in [-0.3, -0.25) is 4.68 Å². The van der Waals surface area contributed by atoms with Crippen molar-refractivity contribution in [1.82, 2.24) is 25.1 Å². The molecule has 2 aromatic heterocycles. The number of hydrogen-bond acceptors (Lipinski definition) is 9. The quantitative estimate of drug-likeness (QED) is 0.398. The molecule has 1 fully saturated rings. The highest BCUT2D eigenvalue weighted by atomic mass is 35.5. The zero-order valence-corrected chi connectivity index (χ0v) is 22.9. The van der Waals surface area contributed by atoms with E-state index in [2.05, 4.69) is 44.0 Å². The molecule has 1 saturated heterocycles. The zero-order chi connectivity index (χ0) is 26.3. The van der Waals surface area contributed by atoms with Gasteiger partial charge >= 0.3 is 0 Å². The summed E-state index contributed by atoms with van der Waals surface area (Å²) < 4.78 is 33.3. The molecule has 5 rings (SSSR count). The molecule has 1 aromatic carbocycles. The Kier molecular flexibility index (Phi) is 7.03. The van der Waals surface area contributed by atoms with Crippen molar-refractivity contribution in [2.75, 3.05) is 23.7 Å². The van der Waals surface area contributed by atoms with Gasteiger partial charge in [-0.1, -0.05) is 17.7 Å². The SMILES string of the molecule is CC(C)S(=O)(=O)c1nn(C)cc1Nc1nc(Nc2ccc(C3CCNCC3)c3c2O[C@H](C)C3)ncc1Cl. The molecule has 0 saturated carbocycles. The molecule has 0 unspecified atom stereocenters. The lowest BCUT2D eigenvalue weighted by molar-refractivity contribution is 0.256. The lowest BCUT2D eigenvalue weighted by Crippen LogP contribution is -2.27. The molecule has 10 nitrogen and oxygen atoms in total. The lowest BCUT2D eigenvalue weighted by atomic mass is 9.85. The second kappa shape index (κ2) is 10.1. The summed E-state index contributed by atoms with van der Waals surface area (Å²) in [5, 5.41) is 13.5. The third kappa shape index (κ3) is 5.12. The second-order valence-electron chi connectivity index (χ2n) is 9.92. The standard InChI is InChI=1S/C25H32ClN7O3S/c1-14(2)37(34,35)24-21(13-33(4)32-24)29-23-19(26)12-28-25(31-23)30-20-6-5-17(16-7-9-27-10-8-16)18-11-15(3)36-22(18)20/h5-6,12-16,27H,7-11H2,1-4H3,(H2,28,29,30,31)/t15-/m1/s1. The summed E-state index contributed by atoms with van der Waals surface area (Å²) in [4.78, 5) is 8.88. The van der Waals surface area contributed by atoms with Crippen LogP contribution in [0.3, 0.4) is 0 Å². The minimum absolute atomic E-state index is 0.0529. The average molecular weight is 546 g/mol. The Bertz CT molecular complexity index is 1420. The van der Waals surface area contributed by atoms with Crippen LogP contribution in [0.1, 0.15) is 50.7 Å². The van der Waals surface area contributed by atoms with Gasteiger partial charge in [-0.2, -0.15) is 10.1 Å². The van der Waals surface area contributed by atoms with Gasteiger partial charge in [0.2, 0.25) is 20.8 Å². The number of halogens is 1. The van der Waals surface area contributed by atoms with E-state index in [1.807, 2.05) is 6.07 Å². The summed E-state index contributed by atoms with van der Waals surface area (Å²) in [6, 6.07) is 4.21. The largest absolute Gasteiger partial charge is 0.488 e. The van der Waals surface area contributed by atoms with Gasteiger partial charge in [0.05, 0.1) is 22.8 Å². The molecule has 0 radical (unpaired) electrons. The summed E-state index contributed by atoms with van der Waals surface area (Å²) >= 11 is 6.38. The molecule has 0 spiro atoms. The van der Waals surface area contributed by atoms with Gasteiger partial charge in [0.1, 0.15) is 16.9 Å². The lowest BCUT2D eigenvalue weighted by Gasteiger charge is -2.25. The predicted molar refractivity (Wildman–Crippen MR) is 144 cm³/mol. The van der Waals surface area contributed by atoms with E-state index in [1.54, 1.807) is 27.1 Å². The van der Waals surface area contributed by atoms with Crippen LogP contribution in [0, 0.1) is 0 Å². The topological polar surface area (TPSA) is 123 Å². The number of piperidine rings is 1. The van der Waals surface area contributed by atoms with Crippen LogP contribution in [0.2, 0.25) is 5.02 Å². The first kappa shape index (κ1) is 25.7. The van der Waals surface area contributed by atoms with Crippen LogP contribution in [-0.2, 0) is 23.3 Å². The monoisotopic (exact) mass is 545 g/mol. The second-order valence-corrected chi connectivity index (χ2v) is 12.7. The van der Waals surface area contributed by atoms with E-state index in [0.717, 1.165) is 43.8 Å². The van der Waals surface area contributed by atoms with E-state index < -0.39 is 15.1 Å². The Morgan fingerprint density at radius 1 is 1.19 bits per heavy atom. The Hall–Kier alpha value is -2.89. The molecule has 2 aliphatic heterocycles. The Labute approximate surface area is 222 Å². The normalized spacial score (nSPS) is 18.1. The molecule has 0 bridgehead atoms. The average Bonchev–Trinajstić information content (AvgIpc) is 3.44. The van der Waals surface area contributed by atoms with Crippen molar-refractivity contribution >= 4 is 44.6 Å². The first-order valence-electron chi connectivity index (χ1n) is 12.5. The van der Waals surface area contributed by atoms with Crippen LogP contribution in [0.25, 0.3) is 0 Å². The summed E-state index contributed by atoms with van der Waals surface area (Å²) in [6.07, 6.45) is 6.25. The van der Waals surface area contributed by atoms with Crippen molar-refractivity contribution in [3.05, 3.63) is 40.7 Å². The zero-order valence-electron chi connectivity index (χ0n) is 21.4. The fourth-order valence-electron chi connectivity index (χ4n) is 4.88. The number of sulfone groups is 1. The number of hydrogen-bond donors (Lipinski definition) is 3. The number of nitrogens with one attached hydrogen (secondary N) is 3. The molecule has 198 valence electrons. The van der Waals surface area contributed by atoms with E-state index in [-0.39, 0.29) is 22.0 Å². The van der Waals surface area contributed by atoms with E-state index in [0.29, 0.717) is 17.6 Å². The molecule has 2 aliphatic rings. The Balaban J connectivity index is 1.44. The molecule has 3 N–H and O–H groups in total. The number of nitrogens with zero attached hydrogens (tertiary/aromatic N) is 4. The first-order chi connectivity index (χ1) is 17.6. The molecule has 4 heterocycles. The van der Waals surface area contributed by atoms with Gasteiger partial charge in [0.25, 0.3) is 0 Å². The molecule has 1 atom stereocenters. The molecule has 37 heavy (non-hydrogen) atoms. The van der Waals surface area contributed by atoms with E-state index in [4.69, 9.17) is 16.3 Å². The van der Waals surface area contributed by atoms with Crippen molar-refractivity contribution in [2.24, 2.45) is 7.05 Å². The van der Waals surface area contributed by atoms with E-state index in [9.17, 15) is 8.42 Å². The maximum atomic E-state index is 12.8. The summed E-state index contributed by atoms with van der Waals surface area (Å²) in [7, 11) is -1.96. The minimum Gasteiger partial charge on any atom is -0.488 e. The van der Waals surface area contributed by atoms with Crippen molar-refractivity contribution in [3.63, 3.8) is 0 Å². The molecule has 3 aromatic rings. The highest BCUT2D eigenvalue weighted by Crippen LogP contribution is 2.43. The molecular weight excluding hydrogens is 514 g/mol. The molecular formula is C25H32ClN7O3S. The third-order valence-electron chi connectivity index (χ3n) is 6.81. The van der Waals surface area contributed by atoms with Crippen LogP contribution in [0.5, 0.6) is 5.75 Å². The van der Waals surface area contributed by atoms with Crippen molar-refractivity contribution < 1.29 is 13.2 Å².